The molecule has 0 saturated carbocycles. The predicted octanol–water partition coefficient (Wildman–Crippen LogP) is 1.27. The van der Waals surface area contributed by atoms with Crippen molar-refractivity contribution >= 4 is 5.91 Å². The second-order valence-corrected chi connectivity index (χ2v) is 2.91. The predicted molar refractivity (Wildman–Crippen MR) is 49.1 cm³/mol. The summed E-state index contributed by atoms with van der Waals surface area (Å²) in [6.07, 6.45) is 0. The van der Waals surface area contributed by atoms with Crippen LogP contribution in [0.5, 0.6) is 0 Å². The number of nitriles is 1. The van der Waals surface area contributed by atoms with Crippen LogP contribution in [0.15, 0.2) is 12.1 Å². The molecule has 0 fully saturated rings. The molecule has 3 heteroatoms. The molecule has 0 aliphatic heterocycles. The number of nitrogens with two attached hydrogens (primary N) is 1. The van der Waals surface area contributed by atoms with Gasteiger partial charge in [-0.3, -0.25) is 4.79 Å². The second kappa shape index (κ2) is 3.28. The van der Waals surface area contributed by atoms with Crippen LogP contribution >= 0.6 is 0 Å². The van der Waals surface area contributed by atoms with E-state index in [-0.39, 0.29) is 0 Å². The molecule has 0 saturated heterocycles. The number of rotatable bonds is 1. The van der Waals surface area contributed by atoms with Gasteiger partial charge in [0.05, 0.1) is 11.1 Å². The van der Waals surface area contributed by atoms with Crippen LogP contribution in [0.1, 0.15) is 27.0 Å². The van der Waals surface area contributed by atoms with Crippen molar-refractivity contribution in [1.29, 1.82) is 5.26 Å². The molecular weight excluding hydrogens is 164 g/mol. The van der Waals surface area contributed by atoms with E-state index in [1.54, 1.807) is 19.1 Å². The highest BCUT2D eigenvalue weighted by Crippen LogP contribution is 2.16. The minimum absolute atomic E-state index is 0.297. The van der Waals surface area contributed by atoms with E-state index in [0.29, 0.717) is 11.1 Å². The Morgan fingerprint density at radius 1 is 1.46 bits per heavy atom. The third-order valence-corrected chi connectivity index (χ3v) is 2.11. The van der Waals surface area contributed by atoms with Gasteiger partial charge < -0.3 is 5.73 Å². The van der Waals surface area contributed by atoms with Gasteiger partial charge in [-0.1, -0.05) is 6.07 Å². The Morgan fingerprint density at radius 3 is 2.54 bits per heavy atom. The number of hydrogen-bond acceptors (Lipinski definition) is 2. The van der Waals surface area contributed by atoms with E-state index >= 15 is 0 Å². The van der Waals surface area contributed by atoms with E-state index in [4.69, 9.17) is 11.0 Å². The zero-order chi connectivity index (χ0) is 10.0. The van der Waals surface area contributed by atoms with Crippen molar-refractivity contribution in [3.63, 3.8) is 0 Å². The maximum absolute atomic E-state index is 10.9. The largest absolute Gasteiger partial charge is 0.366 e. The summed E-state index contributed by atoms with van der Waals surface area (Å²) in [4.78, 5) is 10.9. The highest BCUT2D eigenvalue weighted by Gasteiger charge is 2.10. The Hall–Kier alpha value is -1.82. The summed E-state index contributed by atoms with van der Waals surface area (Å²) < 4.78 is 0. The first-order chi connectivity index (χ1) is 6.07. The van der Waals surface area contributed by atoms with Crippen LogP contribution in [0, 0.1) is 25.2 Å². The van der Waals surface area contributed by atoms with E-state index in [2.05, 4.69) is 0 Å². The minimum Gasteiger partial charge on any atom is -0.366 e. The van der Waals surface area contributed by atoms with Gasteiger partial charge in [0.1, 0.15) is 6.07 Å². The van der Waals surface area contributed by atoms with E-state index in [1.165, 1.54) is 0 Å². The van der Waals surface area contributed by atoms with Crippen molar-refractivity contribution < 1.29 is 4.79 Å². The number of benzene rings is 1. The molecule has 1 amide bonds. The molecule has 66 valence electrons. The molecule has 0 aliphatic carbocycles. The molecule has 1 aromatic carbocycles. The lowest BCUT2D eigenvalue weighted by molar-refractivity contribution is 0.1000. The van der Waals surface area contributed by atoms with Crippen molar-refractivity contribution in [2.24, 2.45) is 5.73 Å². The van der Waals surface area contributed by atoms with Gasteiger partial charge >= 0.3 is 0 Å². The third-order valence-electron chi connectivity index (χ3n) is 2.11. The molecule has 13 heavy (non-hydrogen) atoms. The lowest BCUT2D eigenvalue weighted by atomic mass is 9.98. The summed E-state index contributed by atoms with van der Waals surface area (Å²) in [6, 6.07) is 5.36. The summed E-state index contributed by atoms with van der Waals surface area (Å²) >= 11 is 0. The van der Waals surface area contributed by atoms with Gasteiger partial charge in [0.15, 0.2) is 0 Å². The number of hydrogen-bond donors (Lipinski definition) is 1. The molecule has 0 heterocycles. The quantitative estimate of drug-likeness (QED) is 0.696. The first kappa shape index (κ1) is 9.27. The SMILES string of the molecule is Cc1ccc(C(N)=O)c(C#N)c1C. The second-order valence-electron chi connectivity index (χ2n) is 2.91. The molecular formula is C10H10N2O. The fraction of sp³-hybridized carbons (Fsp3) is 0.200. The summed E-state index contributed by atoms with van der Waals surface area (Å²) in [7, 11) is 0. The van der Waals surface area contributed by atoms with Gasteiger partial charge in [0, 0.05) is 0 Å². The topological polar surface area (TPSA) is 66.9 Å². The normalized spacial score (nSPS) is 9.31. The first-order valence-corrected chi connectivity index (χ1v) is 3.88. The van der Waals surface area contributed by atoms with E-state index in [0.717, 1.165) is 11.1 Å². The van der Waals surface area contributed by atoms with Crippen LogP contribution in [0.25, 0.3) is 0 Å². The molecule has 0 unspecified atom stereocenters. The Balaban J connectivity index is 3.50. The molecule has 0 radical (unpaired) electrons. The lowest BCUT2D eigenvalue weighted by Crippen LogP contribution is -2.13. The standard InChI is InChI=1S/C10H10N2O/c1-6-3-4-8(10(12)13)9(5-11)7(6)2/h3-4H,1-2H3,(H2,12,13). The lowest BCUT2D eigenvalue weighted by Gasteiger charge is -2.05. The Bertz CT molecular complexity index is 402. The molecule has 0 atom stereocenters. The average Bonchev–Trinajstić information content (AvgIpc) is 2.09. The summed E-state index contributed by atoms with van der Waals surface area (Å²) in [5.41, 5.74) is 7.60. The third kappa shape index (κ3) is 1.52. The molecule has 0 aromatic heterocycles. The van der Waals surface area contributed by atoms with Gasteiger partial charge in [-0.05, 0) is 31.0 Å². The number of nitrogens with zero attached hydrogens (tertiary/aromatic N) is 1. The van der Waals surface area contributed by atoms with E-state index in [1.807, 2.05) is 13.0 Å². The summed E-state index contributed by atoms with van der Waals surface area (Å²) in [6.45, 7) is 3.70. The van der Waals surface area contributed by atoms with Crippen LogP contribution in [-0.4, -0.2) is 5.91 Å². The van der Waals surface area contributed by atoms with Gasteiger partial charge in [0.25, 0.3) is 0 Å². The molecule has 0 bridgehead atoms. The molecule has 0 aliphatic rings. The first-order valence-electron chi connectivity index (χ1n) is 3.88. The van der Waals surface area contributed by atoms with Gasteiger partial charge in [0.2, 0.25) is 5.91 Å². The van der Waals surface area contributed by atoms with Gasteiger partial charge in [-0.15, -0.1) is 0 Å². The van der Waals surface area contributed by atoms with Crippen LogP contribution < -0.4 is 5.73 Å². The average molecular weight is 174 g/mol. The summed E-state index contributed by atoms with van der Waals surface area (Å²) in [5.74, 6) is -0.556. The van der Waals surface area contributed by atoms with Gasteiger partial charge in [-0.25, -0.2) is 0 Å². The number of amides is 1. The zero-order valence-electron chi connectivity index (χ0n) is 7.59. The molecule has 1 aromatic rings. The zero-order valence-corrected chi connectivity index (χ0v) is 7.59. The number of aryl methyl sites for hydroxylation is 1. The molecule has 0 spiro atoms. The maximum Gasteiger partial charge on any atom is 0.250 e. The van der Waals surface area contributed by atoms with Crippen molar-refractivity contribution in [3.05, 3.63) is 34.4 Å². The van der Waals surface area contributed by atoms with E-state index < -0.39 is 5.91 Å². The summed E-state index contributed by atoms with van der Waals surface area (Å²) in [5, 5.41) is 8.81. The highest BCUT2D eigenvalue weighted by molar-refractivity contribution is 5.95. The van der Waals surface area contributed by atoms with Crippen molar-refractivity contribution in [2.45, 2.75) is 13.8 Å². The van der Waals surface area contributed by atoms with E-state index in [9.17, 15) is 4.79 Å². The number of carbonyl (C=O) groups excluding carboxylic acids is 1. The fourth-order valence-corrected chi connectivity index (χ4v) is 1.17. The van der Waals surface area contributed by atoms with Crippen LogP contribution in [0.3, 0.4) is 0 Å². The Kier molecular flexibility index (Phi) is 2.34. The number of primary amides is 1. The highest BCUT2D eigenvalue weighted by atomic mass is 16.1. The number of carbonyl (C=O) groups is 1. The molecule has 1 rings (SSSR count). The van der Waals surface area contributed by atoms with Gasteiger partial charge in [-0.2, -0.15) is 5.26 Å². The monoisotopic (exact) mass is 174 g/mol. The maximum atomic E-state index is 10.9. The Labute approximate surface area is 76.8 Å². The molecule has 2 N–H and O–H groups in total. The Morgan fingerprint density at radius 2 is 2.08 bits per heavy atom. The fourth-order valence-electron chi connectivity index (χ4n) is 1.17. The minimum atomic E-state index is -0.556. The van der Waals surface area contributed by atoms with Crippen LogP contribution in [-0.2, 0) is 0 Å². The van der Waals surface area contributed by atoms with Crippen LogP contribution in [0.2, 0.25) is 0 Å². The smallest absolute Gasteiger partial charge is 0.250 e. The van der Waals surface area contributed by atoms with Crippen molar-refractivity contribution in [1.82, 2.24) is 0 Å². The molecule has 3 nitrogen and oxygen atoms in total. The van der Waals surface area contributed by atoms with Crippen LogP contribution in [0.4, 0.5) is 0 Å². The van der Waals surface area contributed by atoms with Crippen molar-refractivity contribution in [3.8, 4) is 6.07 Å². The van der Waals surface area contributed by atoms with Crippen molar-refractivity contribution in [2.75, 3.05) is 0 Å².